The van der Waals surface area contributed by atoms with E-state index < -0.39 is 11.7 Å². The first kappa shape index (κ1) is 22.6. The standard InChI is InChI=1S/C23H19ClFN5O2S/c1-13-20(21(24)30(29-13)11-15-6-4-3-5-7-15)22(32)28-23-27-19(12-33-23)17-9-8-16(10-18(17)25)26-14(2)31/h3-10,12H,11H2,1-2H3,(H,26,31)(H,27,28,32). The maximum Gasteiger partial charge on any atom is 0.262 e. The van der Waals surface area contributed by atoms with E-state index in [1.165, 1.54) is 19.1 Å². The highest BCUT2D eigenvalue weighted by molar-refractivity contribution is 7.14. The number of hydrogen-bond donors (Lipinski definition) is 2. The van der Waals surface area contributed by atoms with E-state index in [4.69, 9.17) is 11.6 Å². The van der Waals surface area contributed by atoms with Gasteiger partial charge in [0, 0.05) is 23.6 Å². The van der Waals surface area contributed by atoms with Crippen LogP contribution in [0.5, 0.6) is 0 Å². The van der Waals surface area contributed by atoms with Crippen LogP contribution in [0.2, 0.25) is 5.15 Å². The van der Waals surface area contributed by atoms with Gasteiger partial charge in [0.05, 0.1) is 23.5 Å². The highest BCUT2D eigenvalue weighted by Crippen LogP contribution is 2.30. The minimum atomic E-state index is -0.537. The normalized spacial score (nSPS) is 10.8. The number of carbonyl (C=O) groups excluding carboxylic acids is 2. The SMILES string of the molecule is CC(=O)Nc1ccc(-c2csc(NC(=O)c3c(C)nn(Cc4ccccc4)c3Cl)n2)c(F)c1. The molecule has 0 aliphatic heterocycles. The molecule has 2 amide bonds. The molecule has 0 aliphatic carbocycles. The monoisotopic (exact) mass is 483 g/mol. The summed E-state index contributed by atoms with van der Waals surface area (Å²) < 4.78 is 16.1. The molecule has 0 saturated carbocycles. The molecule has 0 radical (unpaired) electrons. The number of carbonyl (C=O) groups is 2. The van der Waals surface area contributed by atoms with Crippen molar-refractivity contribution in [3.63, 3.8) is 0 Å². The van der Waals surface area contributed by atoms with Crippen molar-refractivity contribution in [2.45, 2.75) is 20.4 Å². The van der Waals surface area contributed by atoms with Crippen LogP contribution in [-0.4, -0.2) is 26.6 Å². The number of nitrogens with zero attached hydrogens (tertiary/aromatic N) is 3. The lowest BCUT2D eigenvalue weighted by Crippen LogP contribution is -2.13. The number of rotatable bonds is 6. The lowest BCUT2D eigenvalue weighted by atomic mass is 10.1. The first-order valence-electron chi connectivity index (χ1n) is 9.93. The molecule has 33 heavy (non-hydrogen) atoms. The number of thiazole rings is 1. The van der Waals surface area contributed by atoms with Gasteiger partial charge in [0.1, 0.15) is 11.0 Å². The van der Waals surface area contributed by atoms with Crippen LogP contribution in [0.3, 0.4) is 0 Å². The second kappa shape index (κ2) is 9.51. The summed E-state index contributed by atoms with van der Waals surface area (Å²) in [6.45, 7) is 3.49. The number of nitrogens with one attached hydrogen (secondary N) is 2. The second-order valence-electron chi connectivity index (χ2n) is 7.26. The Morgan fingerprint density at radius 1 is 1.15 bits per heavy atom. The molecule has 0 unspecified atom stereocenters. The quantitative estimate of drug-likeness (QED) is 0.386. The summed E-state index contributed by atoms with van der Waals surface area (Å²) in [5.74, 6) is -1.27. The summed E-state index contributed by atoms with van der Waals surface area (Å²) in [5, 5.41) is 11.8. The van der Waals surface area contributed by atoms with Crippen molar-refractivity contribution < 1.29 is 14.0 Å². The topological polar surface area (TPSA) is 88.9 Å². The van der Waals surface area contributed by atoms with Gasteiger partial charge < -0.3 is 5.32 Å². The van der Waals surface area contributed by atoms with Gasteiger partial charge in [0.15, 0.2) is 5.13 Å². The Bertz CT molecular complexity index is 1340. The Labute approximate surface area is 198 Å². The number of aromatic nitrogens is 3. The number of aryl methyl sites for hydroxylation is 1. The molecule has 0 spiro atoms. The molecule has 0 atom stereocenters. The lowest BCUT2D eigenvalue weighted by Gasteiger charge is -2.05. The van der Waals surface area contributed by atoms with Crippen LogP contribution in [0.25, 0.3) is 11.3 Å². The molecule has 4 rings (SSSR count). The fourth-order valence-electron chi connectivity index (χ4n) is 3.29. The minimum absolute atomic E-state index is 0.227. The molecule has 0 fully saturated rings. The van der Waals surface area contributed by atoms with Crippen molar-refractivity contribution in [2.75, 3.05) is 10.6 Å². The summed E-state index contributed by atoms with van der Waals surface area (Å²) >= 11 is 7.62. The highest BCUT2D eigenvalue weighted by atomic mass is 35.5. The fourth-order valence-corrected chi connectivity index (χ4v) is 4.32. The maximum atomic E-state index is 14.5. The van der Waals surface area contributed by atoms with Crippen LogP contribution in [0.4, 0.5) is 15.2 Å². The van der Waals surface area contributed by atoms with E-state index in [1.807, 2.05) is 30.3 Å². The van der Waals surface area contributed by atoms with Crippen molar-refractivity contribution in [2.24, 2.45) is 0 Å². The van der Waals surface area contributed by atoms with E-state index in [2.05, 4.69) is 20.7 Å². The number of hydrogen-bond acceptors (Lipinski definition) is 5. The van der Waals surface area contributed by atoms with Crippen LogP contribution >= 0.6 is 22.9 Å². The Balaban J connectivity index is 1.51. The van der Waals surface area contributed by atoms with Crippen molar-refractivity contribution in [3.05, 3.63) is 81.7 Å². The predicted molar refractivity (Wildman–Crippen MR) is 127 cm³/mol. The Morgan fingerprint density at radius 2 is 1.91 bits per heavy atom. The molecular formula is C23H19ClFN5O2S. The van der Waals surface area contributed by atoms with E-state index in [9.17, 15) is 14.0 Å². The van der Waals surface area contributed by atoms with Gasteiger partial charge in [0.2, 0.25) is 5.91 Å². The zero-order valence-corrected chi connectivity index (χ0v) is 19.3. The van der Waals surface area contributed by atoms with Crippen molar-refractivity contribution in [3.8, 4) is 11.3 Å². The van der Waals surface area contributed by atoms with Crippen LogP contribution < -0.4 is 10.6 Å². The third-order valence-corrected chi connectivity index (χ3v) is 5.90. The van der Waals surface area contributed by atoms with Gasteiger partial charge >= 0.3 is 0 Å². The highest BCUT2D eigenvalue weighted by Gasteiger charge is 2.22. The second-order valence-corrected chi connectivity index (χ2v) is 8.48. The molecule has 2 aromatic heterocycles. The molecule has 4 aromatic rings. The zero-order valence-electron chi connectivity index (χ0n) is 17.7. The third kappa shape index (κ3) is 5.10. The first-order valence-corrected chi connectivity index (χ1v) is 11.2. The van der Waals surface area contributed by atoms with Crippen LogP contribution in [0.15, 0.2) is 53.9 Å². The largest absolute Gasteiger partial charge is 0.326 e. The van der Waals surface area contributed by atoms with Gasteiger partial charge in [-0.25, -0.2) is 14.1 Å². The molecule has 2 heterocycles. The van der Waals surface area contributed by atoms with Crippen LogP contribution in [0, 0.1) is 12.7 Å². The Kier molecular flexibility index (Phi) is 6.52. The molecule has 2 N–H and O–H groups in total. The fraction of sp³-hybridized carbons (Fsp3) is 0.130. The van der Waals surface area contributed by atoms with E-state index in [1.54, 1.807) is 23.1 Å². The molecule has 7 nitrogen and oxygen atoms in total. The van der Waals surface area contributed by atoms with Gasteiger partial charge in [-0.3, -0.25) is 14.9 Å². The molecule has 168 valence electrons. The smallest absolute Gasteiger partial charge is 0.262 e. The third-order valence-electron chi connectivity index (χ3n) is 4.76. The minimum Gasteiger partial charge on any atom is -0.326 e. The van der Waals surface area contributed by atoms with Crippen molar-refractivity contribution >= 4 is 45.6 Å². The van der Waals surface area contributed by atoms with Crippen LogP contribution in [0.1, 0.15) is 28.5 Å². The molecule has 10 heteroatoms. The number of amides is 2. The Hall–Kier alpha value is -3.56. The van der Waals surface area contributed by atoms with Gasteiger partial charge in [-0.1, -0.05) is 41.9 Å². The van der Waals surface area contributed by atoms with Gasteiger partial charge in [-0.2, -0.15) is 5.10 Å². The van der Waals surface area contributed by atoms with Gasteiger partial charge in [-0.15, -0.1) is 11.3 Å². The first-order chi connectivity index (χ1) is 15.8. The van der Waals surface area contributed by atoms with E-state index in [0.29, 0.717) is 28.8 Å². The van der Waals surface area contributed by atoms with Gasteiger partial charge in [0.25, 0.3) is 5.91 Å². The van der Waals surface area contributed by atoms with Crippen molar-refractivity contribution in [1.82, 2.24) is 14.8 Å². The van der Waals surface area contributed by atoms with E-state index >= 15 is 0 Å². The zero-order chi connectivity index (χ0) is 23.5. The number of halogens is 2. The molecular weight excluding hydrogens is 465 g/mol. The van der Waals surface area contributed by atoms with E-state index in [-0.39, 0.29) is 22.2 Å². The van der Waals surface area contributed by atoms with E-state index in [0.717, 1.165) is 16.9 Å². The molecule has 0 saturated heterocycles. The summed E-state index contributed by atoms with van der Waals surface area (Å²) in [4.78, 5) is 28.3. The molecule has 0 aliphatic rings. The summed E-state index contributed by atoms with van der Waals surface area (Å²) in [6.07, 6.45) is 0. The average Bonchev–Trinajstić information content (AvgIpc) is 3.32. The summed E-state index contributed by atoms with van der Waals surface area (Å²) in [6, 6.07) is 14.0. The van der Waals surface area contributed by atoms with Crippen LogP contribution in [-0.2, 0) is 11.3 Å². The van der Waals surface area contributed by atoms with Gasteiger partial charge in [-0.05, 0) is 30.7 Å². The maximum absolute atomic E-state index is 14.5. The predicted octanol–water partition coefficient (Wildman–Crippen LogP) is 5.37. The number of anilines is 2. The van der Waals surface area contributed by atoms with Crippen molar-refractivity contribution in [1.29, 1.82) is 0 Å². The number of benzene rings is 2. The average molecular weight is 484 g/mol. The molecule has 0 bridgehead atoms. The lowest BCUT2D eigenvalue weighted by molar-refractivity contribution is -0.114. The Morgan fingerprint density at radius 3 is 2.61 bits per heavy atom. The summed E-state index contributed by atoms with van der Waals surface area (Å²) in [7, 11) is 0. The summed E-state index contributed by atoms with van der Waals surface area (Å²) in [5.41, 5.74) is 2.73. The molecule has 2 aromatic carbocycles.